The van der Waals surface area contributed by atoms with Gasteiger partial charge in [0.15, 0.2) is 0 Å². The Morgan fingerprint density at radius 1 is 1.24 bits per heavy atom. The van der Waals surface area contributed by atoms with E-state index in [1.165, 1.54) is 4.52 Å². The number of hydrogen-bond acceptors (Lipinski definition) is 4. The minimum Gasteiger partial charge on any atom is -0.351 e. The molecule has 0 amide bonds. The van der Waals surface area contributed by atoms with Gasteiger partial charge in [0.2, 0.25) is 5.95 Å². The predicted octanol–water partition coefficient (Wildman–Crippen LogP) is 1.90. The van der Waals surface area contributed by atoms with Gasteiger partial charge in [0.25, 0.3) is 11.3 Å². The fourth-order valence-electron chi connectivity index (χ4n) is 2.32. The number of nitrogens with zero attached hydrogens (tertiary/aromatic N) is 3. The molecule has 108 valence electrons. The average Bonchev–Trinajstić information content (AvgIpc) is 2.90. The SMILES string of the molecule is CCc1c(C)nc2nc(NCc3ccccc3)[nH]n2c1=O. The molecule has 0 saturated heterocycles. The first-order chi connectivity index (χ1) is 10.2. The van der Waals surface area contributed by atoms with Crippen LogP contribution in [0.15, 0.2) is 35.1 Å². The number of anilines is 1. The lowest BCUT2D eigenvalue weighted by Gasteiger charge is -2.01. The van der Waals surface area contributed by atoms with Crippen molar-refractivity contribution in [1.29, 1.82) is 0 Å². The van der Waals surface area contributed by atoms with Crippen LogP contribution in [-0.4, -0.2) is 19.6 Å². The molecule has 6 nitrogen and oxygen atoms in total. The number of hydrogen-bond donors (Lipinski definition) is 2. The molecular formula is C15H17N5O. The van der Waals surface area contributed by atoms with E-state index < -0.39 is 0 Å². The van der Waals surface area contributed by atoms with Gasteiger partial charge in [-0.15, -0.1) is 0 Å². The lowest BCUT2D eigenvalue weighted by molar-refractivity contribution is 0.851. The van der Waals surface area contributed by atoms with Crippen molar-refractivity contribution in [2.24, 2.45) is 0 Å². The van der Waals surface area contributed by atoms with E-state index in [2.05, 4.69) is 20.4 Å². The summed E-state index contributed by atoms with van der Waals surface area (Å²) >= 11 is 0. The highest BCUT2D eigenvalue weighted by molar-refractivity contribution is 5.39. The number of aryl methyl sites for hydroxylation is 1. The van der Waals surface area contributed by atoms with E-state index in [-0.39, 0.29) is 5.56 Å². The molecule has 2 aromatic heterocycles. The van der Waals surface area contributed by atoms with Crippen LogP contribution in [0.3, 0.4) is 0 Å². The van der Waals surface area contributed by atoms with Crippen molar-refractivity contribution in [2.45, 2.75) is 26.8 Å². The summed E-state index contributed by atoms with van der Waals surface area (Å²) in [6.45, 7) is 4.42. The van der Waals surface area contributed by atoms with Gasteiger partial charge in [-0.05, 0) is 18.9 Å². The Balaban J connectivity index is 1.91. The maximum Gasteiger partial charge on any atom is 0.277 e. The van der Waals surface area contributed by atoms with E-state index in [0.29, 0.717) is 30.3 Å². The topological polar surface area (TPSA) is 75.1 Å². The van der Waals surface area contributed by atoms with E-state index in [1.54, 1.807) is 0 Å². The number of H-pyrrole nitrogens is 1. The van der Waals surface area contributed by atoms with Crippen molar-refractivity contribution in [3.8, 4) is 0 Å². The van der Waals surface area contributed by atoms with Crippen LogP contribution in [0.25, 0.3) is 5.78 Å². The molecule has 1 aromatic carbocycles. The minimum atomic E-state index is -0.0831. The Bertz CT molecular complexity index is 819. The molecular weight excluding hydrogens is 266 g/mol. The second-order valence-corrected chi connectivity index (χ2v) is 4.88. The second-order valence-electron chi connectivity index (χ2n) is 4.88. The Labute approximate surface area is 121 Å². The highest BCUT2D eigenvalue weighted by Crippen LogP contribution is 2.07. The molecule has 0 atom stereocenters. The van der Waals surface area contributed by atoms with Crippen LogP contribution in [0.4, 0.5) is 5.95 Å². The molecule has 3 aromatic rings. The first-order valence-corrected chi connectivity index (χ1v) is 6.95. The normalized spacial score (nSPS) is 11.0. The standard InChI is InChI=1S/C15H17N5O/c1-3-12-10(2)17-15-18-14(19-20(15)13(12)21)16-9-11-7-5-4-6-8-11/h4-8H,3,9H2,1-2H3,(H2,16,17,18,19). The van der Waals surface area contributed by atoms with Crippen LogP contribution in [-0.2, 0) is 13.0 Å². The molecule has 0 fully saturated rings. The summed E-state index contributed by atoms with van der Waals surface area (Å²) in [6, 6.07) is 10.00. The molecule has 21 heavy (non-hydrogen) atoms. The fraction of sp³-hybridized carbons (Fsp3) is 0.267. The molecule has 6 heteroatoms. The zero-order valence-electron chi connectivity index (χ0n) is 12.1. The van der Waals surface area contributed by atoms with Crippen molar-refractivity contribution in [1.82, 2.24) is 19.6 Å². The summed E-state index contributed by atoms with van der Waals surface area (Å²) in [7, 11) is 0. The van der Waals surface area contributed by atoms with Gasteiger partial charge in [0, 0.05) is 12.1 Å². The first kappa shape index (κ1) is 13.4. The summed E-state index contributed by atoms with van der Waals surface area (Å²) < 4.78 is 1.39. The Morgan fingerprint density at radius 3 is 2.71 bits per heavy atom. The lowest BCUT2D eigenvalue weighted by Crippen LogP contribution is -2.21. The van der Waals surface area contributed by atoms with Crippen LogP contribution in [0.5, 0.6) is 0 Å². The smallest absolute Gasteiger partial charge is 0.277 e. The molecule has 0 saturated carbocycles. The van der Waals surface area contributed by atoms with Gasteiger partial charge in [-0.3, -0.25) is 9.89 Å². The summed E-state index contributed by atoms with van der Waals surface area (Å²) in [5.41, 5.74) is 2.51. The van der Waals surface area contributed by atoms with Crippen molar-refractivity contribution < 1.29 is 0 Å². The first-order valence-electron chi connectivity index (χ1n) is 6.95. The zero-order chi connectivity index (χ0) is 14.8. The molecule has 0 unspecified atom stereocenters. The number of aromatic nitrogens is 4. The largest absolute Gasteiger partial charge is 0.351 e. The monoisotopic (exact) mass is 283 g/mol. The summed E-state index contributed by atoms with van der Waals surface area (Å²) in [4.78, 5) is 21.0. The third kappa shape index (κ3) is 2.52. The number of benzene rings is 1. The van der Waals surface area contributed by atoms with E-state index >= 15 is 0 Å². The van der Waals surface area contributed by atoms with E-state index in [9.17, 15) is 4.79 Å². The number of nitrogens with one attached hydrogen (secondary N) is 2. The van der Waals surface area contributed by atoms with Crippen LogP contribution in [0.1, 0.15) is 23.7 Å². The zero-order valence-corrected chi connectivity index (χ0v) is 12.1. The highest BCUT2D eigenvalue weighted by atomic mass is 16.1. The van der Waals surface area contributed by atoms with Crippen molar-refractivity contribution in [2.75, 3.05) is 5.32 Å². The lowest BCUT2D eigenvalue weighted by atomic mass is 10.2. The van der Waals surface area contributed by atoms with Gasteiger partial charge in [-0.25, -0.2) is 4.98 Å². The van der Waals surface area contributed by atoms with Gasteiger partial charge in [0.05, 0.1) is 5.69 Å². The van der Waals surface area contributed by atoms with Crippen LogP contribution < -0.4 is 10.9 Å². The number of fused-ring (bicyclic) bond motifs is 1. The average molecular weight is 283 g/mol. The van der Waals surface area contributed by atoms with E-state index in [4.69, 9.17) is 0 Å². The molecule has 0 aliphatic carbocycles. The quantitative estimate of drug-likeness (QED) is 0.767. The van der Waals surface area contributed by atoms with Crippen molar-refractivity contribution in [3.05, 3.63) is 57.5 Å². The maximum atomic E-state index is 12.3. The minimum absolute atomic E-state index is 0.0831. The molecule has 2 N–H and O–H groups in total. The van der Waals surface area contributed by atoms with Crippen LogP contribution >= 0.6 is 0 Å². The van der Waals surface area contributed by atoms with Crippen LogP contribution in [0, 0.1) is 6.92 Å². The molecule has 2 heterocycles. The molecule has 0 bridgehead atoms. The van der Waals surface area contributed by atoms with Gasteiger partial charge < -0.3 is 5.32 Å². The third-order valence-electron chi connectivity index (χ3n) is 3.45. The maximum absolute atomic E-state index is 12.3. The third-order valence-corrected chi connectivity index (χ3v) is 3.45. The predicted molar refractivity (Wildman–Crippen MR) is 81.5 cm³/mol. The van der Waals surface area contributed by atoms with Gasteiger partial charge in [-0.2, -0.15) is 9.50 Å². The molecule has 3 rings (SSSR count). The van der Waals surface area contributed by atoms with E-state index in [1.807, 2.05) is 44.2 Å². The number of rotatable bonds is 4. The molecule has 0 aliphatic rings. The molecule has 0 radical (unpaired) electrons. The molecule has 0 spiro atoms. The Kier molecular flexibility index (Phi) is 3.43. The second kappa shape index (κ2) is 5.40. The fourth-order valence-corrected chi connectivity index (χ4v) is 2.32. The van der Waals surface area contributed by atoms with Crippen molar-refractivity contribution >= 4 is 11.7 Å². The number of aromatic amines is 1. The Hall–Kier alpha value is -2.63. The van der Waals surface area contributed by atoms with Crippen LogP contribution in [0.2, 0.25) is 0 Å². The summed E-state index contributed by atoms with van der Waals surface area (Å²) in [5.74, 6) is 0.932. The van der Waals surface area contributed by atoms with Gasteiger partial charge in [0.1, 0.15) is 0 Å². The van der Waals surface area contributed by atoms with Crippen molar-refractivity contribution in [3.63, 3.8) is 0 Å². The Morgan fingerprint density at radius 2 is 2.00 bits per heavy atom. The molecule has 0 aliphatic heterocycles. The highest BCUT2D eigenvalue weighted by Gasteiger charge is 2.11. The van der Waals surface area contributed by atoms with E-state index in [0.717, 1.165) is 11.3 Å². The summed E-state index contributed by atoms with van der Waals surface area (Å²) in [5, 5.41) is 6.12. The van der Waals surface area contributed by atoms with Gasteiger partial charge >= 0.3 is 0 Å². The van der Waals surface area contributed by atoms with Gasteiger partial charge in [-0.1, -0.05) is 37.3 Å². The summed E-state index contributed by atoms with van der Waals surface area (Å²) in [6.07, 6.45) is 0.659.